The minimum atomic E-state index is -5.18. The number of carbonyl (C=O) groups is 2. The van der Waals surface area contributed by atoms with Crippen LogP contribution in [-0.2, 0) is 21.9 Å². The van der Waals surface area contributed by atoms with Gasteiger partial charge in [-0.15, -0.1) is 0 Å². The van der Waals surface area contributed by atoms with Crippen LogP contribution in [0.25, 0.3) is 6.08 Å². The van der Waals surface area contributed by atoms with Crippen LogP contribution in [0.5, 0.6) is 5.75 Å². The van der Waals surface area contributed by atoms with Crippen molar-refractivity contribution in [1.82, 2.24) is 0 Å². The van der Waals surface area contributed by atoms with Crippen molar-refractivity contribution in [2.45, 2.75) is 72.3 Å². The quantitative estimate of drug-likeness (QED) is 0.157. The lowest BCUT2D eigenvalue weighted by atomic mass is 9.66. The van der Waals surface area contributed by atoms with Crippen molar-refractivity contribution >= 4 is 23.6 Å². The molecule has 1 fully saturated rings. The molecular formula is C34H37F6NO5. The van der Waals surface area contributed by atoms with Gasteiger partial charge in [-0.1, -0.05) is 31.1 Å². The zero-order valence-corrected chi connectivity index (χ0v) is 26.1. The average Bonchev–Trinajstić information content (AvgIpc) is 3.21. The number of benzene rings is 2. The van der Waals surface area contributed by atoms with Crippen LogP contribution in [0.3, 0.4) is 0 Å². The van der Waals surface area contributed by atoms with Crippen LogP contribution in [0, 0.1) is 37.5 Å². The second kappa shape index (κ2) is 12.9. The molecule has 4 rings (SSSR count). The number of amides is 2. The van der Waals surface area contributed by atoms with Crippen molar-refractivity contribution < 1.29 is 51.3 Å². The molecule has 2 aromatic carbocycles. The van der Waals surface area contributed by atoms with E-state index in [2.05, 4.69) is 0 Å². The number of nitrogens with zero attached hydrogens (tertiary/aromatic N) is 1. The summed E-state index contributed by atoms with van der Waals surface area (Å²) in [7, 11) is 0. The van der Waals surface area contributed by atoms with E-state index in [0.717, 1.165) is 11.1 Å². The van der Waals surface area contributed by atoms with Gasteiger partial charge < -0.3 is 15.3 Å². The van der Waals surface area contributed by atoms with Gasteiger partial charge in [0.1, 0.15) is 5.75 Å². The summed E-state index contributed by atoms with van der Waals surface area (Å²) in [5.41, 5.74) is -0.0305. The van der Waals surface area contributed by atoms with Crippen LogP contribution in [-0.4, -0.2) is 39.8 Å². The number of carbonyl (C=O) groups excluding carboxylic acids is 2. The smallest absolute Gasteiger partial charge is 0.416 e. The molecule has 2 aliphatic rings. The molecule has 0 saturated carbocycles. The number of hydrogen-bond acceptors (Lipinski definition) is 5. The molecule has 250 valence electrons. The Labute approximate surface area is 263 Å². The number of aliphatic hydroxyl groups excluding tert-OH is 2. The van der Waals surface area contributed by atoms with Gasteiger partial charge in [-0.25, -0.2) is 4.90 Å². The molecule has 6 nitrogen and oxygen atoms in total. The first-order valence-corrected chi connectivity index (χ1v) is 14.9. The van der Waals surface area contributed by atoms with E-state index in [-0.39, 0.29) is 30.6 Å². The fourth-order valence-corrected chi connectivity index (χ4v) is 6.72. The van der Waals surface area contributed by atoms with Crippen molar-refractivity contribution in [2.75, 3.05) is 11.5 Å². The zero-order chi connectivity index (χ0) is 34.5. The molecule has 1 aliphatic heterocycles. The normalized spacial score (nSPS) is 21.8. The van der Waals surface area contributed by atoms with E-state index in [1.54, 1.807) is 27.7 Å². The Balaban J connectivity index is 1.67. The van der Waals surface area contributed by atoms with Gasteiger partial charge in [-0.3, -0.25) is 9.59 Å². The highest BCUT2D eigenvalue weighted by Crippen LogP contribution is 2.50. The summed E-state index contributed by atoms with van der Waals surface area (Å²) in [5.74, 6) is -5.52. The summed E-state index contributed by atoms with van der Waals surface area (Å²) in [6, 6.07) is 4.25. The average molecular weight is 654 g/mol. The Bertz CT molecular complexity index is 1530. The largest absolute Gasteiger partial charge is 0.507 e. The Kier molecular flexibility index (Phi) is 9.85. The maximum atomic E-state index is 13.7. The molecule has 46 heavy (non-hydrogen) atoms. The fraction of sp³-hybridized carbons (Fsp3) is 0.471. The lowest BCUT2D eigenvalue weighted by Gasteiger charge is -2.38. The van der Waals surface area contributed by atoms with Crippen molar-refractivity contribution in [1.29, 1.82) is 0 Å². The third-order valence-electron chi connectivity index (χ3n) is 8.94. The maximum Gasteiger partial charge on any atom is 0.416 e. The number of aromatic hydroxyl groups is 1. The van der Waals surface area contributed by atoms with E-state index < -0.39 is 71.4 Å². The highest BCUT2D eigenvalue weighted by Gasteiger charge is 2.56. The number of anilines is 1. The first-order valence-electron chi connectivity index (χ1n) is 14.9. The molecule has 0 radical (unpaired) electrons. The number of rotatable bonds is 8. The Morgan fingerprint density at radius 2 is 1.50 bits per heavy atom. The summed E-state index contributed by atoms with van der Waals surface area (Å²) in [6.45, 7) is 8.36. The molecule has 1 saturated heterocycles. The van der Waals surface area contributed by atoms with E-state index in [0.29, 0.717) is 45.7 Å². The first kappa shape index (κ1) is 35.2. The number of phenolic OH excluding ortho intramolecular Hbond substituents is 1. The van der Waals surface area contributed by atoms with Gasteiger partial charge >= 0.3 is 12.4 Å². The zero-order valence-electron chi connectivity index (χ0n) is 26.1. The molecule has 0 bridgehead atoms. The first-order chi connectivity index (χ1) is 21.3. The number of alkyl halides is 6. The SMILES string of the molecule is C/C(=C\c1cc(C)c(O)c(C)c1)CC[C@@H](O)C1=C(C(C)C)C[C@H]2C(=O)N(c3cc(C(F)(F)F)cc(C(F)(F)F)c3)C(=O)[C@H]2[C@H]1CO. The van der Waals surface area contributed by atoms with Gasteiger partial charge in [-0.2, -0.15) is 26.3 Å². The lowest BCUT2D eigenvalue weighted by molar-refractivity contribution is -0.143. The van der Waals surface area contributed by atoms with Crippen molar-refractivity contribution in [3.8, 4) is 5.75 Å². The highest BCUT2D eigenvalue weighted by atomic mass is 19.4. The standard InChI is InChI=1S/C34H37F6NO5/c1-16(2)24-14-25-29(32(46)41(31(25)45)23-12-21(33(35,36)37)11-22(13-23)34(38,39)40)26(15-42)28(24)27(43)7-6-17(3)8-20-9-18(4)30(44)19(5)10-20/h8-13,16,25-27,29,42-44H,6-7,14-15H2,1-5H3/b17-8+/t25-,26+,27-,29-/m1/s1. The number of aryl methyl sites for hydroxylation is 2. The summed E-state index contributed by atoms with van der Waals surface area (Å²) in [6.07, 6.45) is -9.05. The van der Waals surface area contributed by atoms with Gasteiger partial charge in [0.2, 0.25) is 11.8 Å². The summed E-state index contributed by atoms with van der Waals surface area (Å²) in [4.78, 5) is 27.7. The molecule has 0 unspecified atom stereocenters. The molecular weight excluding hydrogens is 616 g/mol. The minimum Gasteiger partial charge on any atom is -0.507 e. The number of fused-ring (bicyclic) bond motifs is 1. The molecule has 1 heterocycles. The Hall–Kier alpha value is -3.64. The van der Waals surface area contributed by atoms with E-state index in [9.17, 15) is 51.3 Å². The van der Waals surface area contributed by atoms with E-state index >= 15 is 0 Å². The van der Waals surface area contributed by atoms with Crippen LogP contribution in [0.2, 0.25) is 0 Å². The van der Waals surface area contributed by atoms with Gasteiger partial charge in [0.25, 0.3) is 0 Å². The number of aliphatic hydroxyl groups is 2. The van der Waals surface area contributed by atoms with Crippen molar-refractivity contribution in [2.24, 2.45) is 23.7 Å². The summed E-state index contributed by atoms with van der Waals surface area (Å²) in [5, 5.41) is 32.0. The van der Waals surface area contributed by atoms with Gasteiger partial charge in [-0.05, 0) is 98.5 Å². The van der Waals surface area contributed by atoms with Crippen LogP contribution >= 0.6 is 0 Å². The fourth-order valence-electron chi connectivity index (χ4n) is 6.72. The number of phenols is 1. The lowest BCUT2D eigenvalue weighted by Crippen LogP contribution is -2.40. The number of allylic oxidation sites excluding steroid dienone is 2. The molecule has 12 heteroatoms. The Morgan fingerprint density at radius 1 is 0.957 bits per heavy atom. The van der Waals surface area contributed by atoms with E-state index in [1.807, 2.05) is 25.1 Å². The molecule has 4 atom stereocenters. The molecule has 0 spiro atoms. The second-order valence-electron chi connectivity index (χ2n) is 12.6. The molecule has 1 aliphatic carbocycles. The Morgan fingerprint density at radius 3 is 1.98 bits per heavy atom. The molecule has 2 amide bonds. The number of hydrogen-bond donors (Lipinski definition) is 3. The third-order valence-corrected chi connectivity index (χ3v) is 8.94. The van der Waals surface area contributed by atoms with Gasteiger partial charge in [0.15, 0.2) is 0 Å². The van der Waals surface area contributed by atoms with Crippen LogP contribution < -0.4 is 4.90 Å². The summed E-state index contributed by atoms with van der Waals surface area (Å²) >= 11 is 0. The number of imide groups is 1. The van der Waals surface area contributed by atoms with Crippen molar-refractivity contribution in [3.05, 3.63) is 74.9 Å². The van der Waals surface area contributed by atoms with Crippen LogP contribution in [0.1, 0.15) is 67.9 Å². The monoisotopic (exact) mass is 653 g/mol. The van der Waals surface area contributed by atoms with E-state index in [1.165, 1.54) is 0 Å². The minimum absolute atomic E-state index is 0.0434. The van der Waals surface area contributed by atoms with Crippen molar-refractivity contribution in [3.63, 3.8) is 0 Å². The maximum absolute atomic E-state index is 13.7. The molecule has 3 N–H and O–H groups in total. The van der Waals surface area contributed by atoms with E-state index in [4.69, 9.17) is 0 Å². The third kappa shape index (κ3) is 6.88. The van der Waals surface area contributed by atoms with Crippen LogP contribution in [0.4, 0.5) is 32.0 Å². The molecule has 2 aromatic rings. The topological polar surface area (TPSA) is 98.1 Å². The highest BCUT2D eigenvalue weighted by molar-refractivity contribution is 6.22. The number of halogens is 6. The van der Waals surface area contributed by atoms with Crippen LogP contribution in [0.15, 0.2) is 47.1 Å². The van der Waals surface area contributed by atoms with Gasteiger partial charge in [0, 0.05) is 5.92 Å². The predicted molar refractivity (Wildman–Crippen MR) is 159 cm³/mol. The van der Waals surface area contributed by atoms with Gasteiger partial charge in [0.05, 0.1) is 41.4 Å². The summed E-state index contributed by atoms with van der Waals surface area (Å²) < 4.78 is 81.5. The molecule has 0 aromatic heterocycles. The second-order valence-corrected chi connectivity index (χ2v) is 12.6. The predicted octanol–water partition coefficient (Wildman–Crippen LogP) is 7.36.